The van der Waals surface area contributed by atoms with Gasteiger partial charge in [0.2, 0.25) is 0 Å². The maximum absolute atomic E-state index is 5.73. The third kappa shape index (κ3) is 4.20. The predicted octanol–water partition coefficient (Wildman–Crippen LogP) is 2.52. The zero-order chi connectivity index (χ0) is 12.6. The fourth-order valence-electron chi connectivity index (χ4n) is 2.25. The summed E-state index contributed by atoms with van der Waals surface area (Å²) in [7, 11) is 1.60. The van der Waals surface area contributed by atoms with Gasteiger partial charge in [-0.3, -0.25) is 10.3 Å². The average molecular weight is 250 g/mol. The Labute approximate surface area is 109 Å². The van der Waals surface area contributed by atoms with Crippen molar-refractivity contribution in [3.8, 4) is 5.75 Å². The van der Waals surface area contributed by atoms with Crippen molar-refractivity contribution in [1.82, 2.24) is 4.90 Å². The topological polar surface area (TPSA) is 33.7 Å². The molecule has 0 radical (unpaired) electrons. The van der Waals surface area contributed by atoms with Crippen LogP contribution in [0.4, 0.5) is 5.69 Å². The Kier molecular flexibility index (Phi) is 5.30. The van der Waals surface area contributed by atoms with Gasteiger partial charge in [-0.25, -0.2) is 0 Å². The molecule has 1 aromatic carbocycles. The standard InChI is InChI=1S/C14H22N2O2/c1-17-15-13-6-4-7-14(12-13)18-11-5-10-16-8-2-3-9-16/h4,6-7,12,15H,2-3,5,8-11H2,1H3. The first-order valence-electron chi connectivity index (χ1n) is 6.63. The van der Waals surface area contributed by atoms with Crippen molar-refractivity contribution in [2.45, 2.75) is 19.3 Å². The molecule has 1 aromatic rings. The van der Waals surface area contributed by atoms with E-state index in [-0.39, 0.29) is 0 Å². The second-order valence-electron chi connectivity index (χ2n) is 4.58. The molecule has 0 bridgehead atoms. The number of ether oxygens (including phenoxy) is 1. The molecule has 0 saturated carbocycles. The van der Waals surface area contributed by atoms with E-state index >= 15 is 0 Å². The Morgan fingerprint density at radius 1 is 1.28 bits per heavy atom. The highest BCUT2D eigenvalue weighted by Gasteiger charge is 2.10. The number of hydrogen-bond donors (Lipinski definition) is 1. The SMILES string of the molecule is CONc1cccc(OCCCN2CCCC2)c1. The average Bonchev–Trinajstić information content (AvgIpc) is 2.89. The summed E-state index contributed by atoms with van der Waals surface area (Å²) in [5.74, 6) is 0.887. The van der Waals surface area contributed by atoms with Crippen LogP contribution in [-0.2, 0) is 4.84 Å². The fraction of sp³-hybridized carbons (Fsp3) is 0.571. The lowest BCUT2D eigenvalue weighted by molar-refractivity contribution is 0.261. The summed E-state index contributed by atoms with van der Waals surface area (Å²) in [6.07, 6.45) is 3.79. The molecule has 4 heteroatoms. The van der Waals surface area contributed by atoms with Gasteiger partial charge in [-0.2, -0.15) is 0 Å². The summed E-state index contributed by atoms with van der Waals surface area (Å²) in [5, 5.41) is 0. The number of rotatable bonds is 7. The Morgan fingerprint density at radius 2 is 2.11 bits per heavy atom. The van der Waals surface area contributed by atoms with Gasteiger partial charge in [0, 0.05) is 12.6 Å². The number of nitrogens with zero attached hydrogens (tertiary/aromatic N) is 1. The van der Waals surface area contributed by atoms with Crippen molar-refractivity contribution in [2.24, 2.45) is 0 Å². The van der Waals surface area contributed by atoms with E-state index in [4.69, 9.17) is 9.57 Å². The van der Waals surface area contributed by atoms with Crippen molar-refractivity contribution in [2.75, 3.05) is 38.8 Å². The van der Waals surface area contributed by atoms with Crippen molar-refractivity contribution in [3.05, 3.63) is 24.3 Å². The summed E-state index contributed by atoms with van der Waals surface area (Å²) in [6, 6.07) is 7.81. The van der Waals surface area contributed by atoms with E-state index in [1.807, 2.05) is 24.3 Å². The van der Waals surface area contributed by atoms with Crippen molar-refractivity contribution < 1.29 is 9.57 Å². The molecular weight excluding hydrogens is 228 g/mol. The molecule has 0 atom stereocenters. The molecule has 0 amide bonds. The zero-order valence-corrected chi connectivity index (χ0v) is 11.0. The smallest absolute Gasteiger partial charge is 0.121 e. The van der Waals surface area contributed by atoms with E-state index < -0.39 is 0 Å². The van der Waals surface area contributed by atoms with Crippen LogP contribution in [0.5, 0.6) is 5.75 Å². The summed E-state index contributed by atoms with van der Waals surface area (Å²) in [6.45, 7) is 4.43. The van der Waals surface area contributed by atoms with E-state index in [0.29, 0.717) is 0 Å². The number of likely N-dealkylation sites (tertiary alicyclic amines) is 1. The lowest BCUT2D eigenvalue weighted by Gasteiger charge is -2.14. The highest BCUT2D eigenvalue weighted by atomic mass is 16.6. The van der Waals surface area contributed by atoms with Gasteiger partial charge < -0.3 is 9.64 Å². The third-order valence-electron chi connectivity index (χ3n) is 3.14. The third-order valence-corrected chi connectivity index (χ3v) is 3.14. The maximum Gasteiger partial charge on any atom is 0.121 e. The Hall–Kier alpha value is -1.26. The second-order valence-corrected chi connectivity index (χ2v) is 4.58. The van der Waals surface area contributed by atoms with Crippen LogP contribution in [0.15, 0.2) is 24.3 Å². The molecule has 100 valence electrons. The fourth-order valence-corrected chi connectivity index (χ4v) is 2.25. The minimum atomic E-state index is 0.771. The number of anilines is 1. The monoisotopic (exact) mass is 250 g/mol. The first-order chi connectivity index (χ1) is 8.88. The molecule has 2 rings (SSSR count). The van der Waals surface area contributed by atoms with E-state index in [1.54, 1.807) is 7.11 Å². The Morgan fingerprint density at radius 3 is 2.89 bits per heavy atom. The molecule has 1 fully saturated rings. The van der Waals surface area contributed by atoms with E-state index in [9.17, 15) is 0 Å². The van der Waals surface area contributed by atoms with Crippen LogP contribution in [0.2, 0.25) is 0 Å². The molecule has 1 aliphatic rings. The minimum Gasteiger partial charge on any atom is -0.493 e. The predicted molar refractivity (Wildman–Crippen MR) is 72.9 cm³/mol. The van der Waals surface area contributed by atoms with Gasteiger partial charge in [-0.05, 0) is 44.5 Å². The van der Waals surface area contributed by atoms with Crippen LogP contribution >= 0.6 is 0 Å². The van der Waals surface area contributed by atoms with Crippen molar-refractivity contribution in [3.63, 3.8) is 0 Å². The van der Waals surface area contributed by atoms with Gasteiger partial charge in [-0.15, -0.1) is 0 Å². The number of hydrogen-bond acceptors (Lipinski definition) is 4. The van der Waals surface area contributed by atoms with Gasteiger partial charge >= 0.3 is 0 Å². The molecule has 0 spiro atoms. The van der Waals surface area contributed by atoms with Gasteiger partial charge in [0.15, 0.2) is 0 Å². The molecule has 1 aliphatic heterocycles. The largest absolute Gasteiger partial charge is 0.493 e. The summed E-state index contributed by atoms with van der Waals surface area (Å²) in [4.78, 5) is 7.37. The summed E-state index contributed by atoms with van der Waals surface area (Å²) in [5.41, 5.74) is 3.71. The van der Waals surface area contributed by atoms with Crippen LogP contribution < -0.4 is 10.2 Å². The molecular formula is C14H22N2O2. The normalized spacial score (nSPS) is 15.8. The Bertz CT molecular complexity index is 351. The van der Waals surface area contributed by atoms with E-state index in [0.717, 1.165) is 31.0 Å². The van der Waals surface area contributed by atoms with Gasteiger partial charge in [0.1, 0.15) is 5.75 Å². The van der Waals surface area contributed by atoms with Gasteiger partial charge in [0.05, 0.1) is 19.4 Å². The first kappa shape index (κ1) is 13.2. The quantitative estimate of drug-likeness (QED) is 0.595. The molecule has 0 unspecified atom stereocenters. The maximum atomic E-state index is 5.73. The first-order valence-corrected chi connectivity index (χ1v) is 6.63. The lowest BCUT2D eigenvalue weighted by Crippen LogP contribution is -2.21. The highest BCUT2D eigenvalue weighted by molar-refractivity contribution is 5.46. The van der Waals surface area contributed by atoms with Gasteiger partial charge in [0.25, 0.3) is 0 Å². The lowest BCUT2D eigenvalue weighted by atomic mass is 10.3. The summed E-state index contributed by atoms with van der Waals surface area (Å²) < 4.78 is 5.73. The molecule has 0 aliphatic carbocycles. The summed E-state index contributed by atoms with van der Waals surface area (Å²) >= 11 is 0. The van der Waals surface area contributed by atoms with Crippen LogP contribution in [0.1, 0.15) is 19.3 Å². The molecule has 0 aromatic heterocycles. The van der Waals surface area contributed by atoms with Crippen LogP contribution in [0, 0.1) is 0 Å². The molecule has 4 nitrogen and oxygen atoms in total. The van der Waals surface area contributed by atoms with E-state index in [1.165, 1.54) is 25.9 Å². The molecule has 1 saturated heterocycles. The van der Waals surface area contributed by atoms with E-state index in [2.05, 4.69) is 10.4 Å². The van der Waals surface area contributed by atoms with Crippen LogP contribution in [0.3, 0.4) is 0 Å². The molecule has 1 heterocycles. The number of nitrogens with one attached hydrogen (secondary N) is 1. The Balaban J connectivity index is 1.67. The highest BCUT2D eigenvalue weighted by Crippen LogP contribution is 2.17. The number of benzene rings is 1. The van der Waals surface area contributed by atoms with Crippen molar-refractivity contribution >= 4 is 5.69 Å². The van der Waals surface area contributed by atoms with Crippen LogP contribution in [-0.4, -0.2) is 38.3 Å². The van der Waals surface area contributed by atoms with Crippen molar-refractivity contribution in [1.29, 1.82) is 0 Å². The molecule has 1 N–H and O–H groups in total. The van der Waals surface area contributed by atoms with Gasteiger partial charge in [-0.1, -0.05) is 6.07 Å². The zero-order valence-electron chi connectivity index (χ0n) is 11.0. The molecule has 18 heavy (non-hydrogen) atoms. The minimum absolute atomic E-state index is 0.771. The second kappa shape index (κ2) is 7.24. The van der Waals surface area contributed by atoms with Crippen LogP contribution in [0.25, 0.3) is 0 Å².